The van der Waals surface area contributed by atoms with E-state index in [-0.39, 0.29) is 17.3 Å². The average molecular weight is 489 g/mol. The lowest BCUT2D eigenvalue weighted by Gasteiger charge is -2.26. The number of hydrogen-bond acceptors (Lipinski definition) is 7. The summed E-state index contributed by atoms with van der Waals surface area (Å²) in [6.45, 7) is 2.25. The molecule has 0 saturated heterocycles. The van der Waals surface area contributed by atoms with E-state index in [1.165, 1.54) is 28.4 Å². The van der Waals surface area contributed by atoms with Gasteiger partial charge in [-0.1, -0.05) is 0 Å². The van der Waals surface area contributed by atoms with Crippen molar-refractivity contribution in [3.05, 3.63) is 50.2 Å². The van der Waals surface area contributed by atoms with Crippen LogP contribution in [0.5, 0.6) is 17.2 Å². The van der Waals surface area contributed by atoms with E-state index in [4.69, 9.17) is 18.9 Å². The number of ketones is 1. The lowest BCUT2D eigenvalue weighted by Crippen LogP contribution is -2.32. The fourth-order valence-corrected chi connectivity index (χ4v) is 6.78. The molecule has 0 bridgehead atoms. The van der Waals surface area contributed by atoms with Crippen molar-refractivity contribution in [1.29, 1.82) is 0 Å². The van der Waals surface area contributed by atoms with Gasteiger partial charge in [0.1, 0.15) is 5.52 Å². The number of methoxy groups -OCH3 is 4. The summed E-state index contributed by atoms with van der Waals surface area (Å²) in [7, 11) is 5.87. The second-order valence-electron chi connectivity index (χ2n) is 9.65. The topological polar surface area (TPSA) is 125 Å². The summed E-state index contributed by atoms with van der Waals surface area (Å²) in [6, 6.07) is 1.76. The van der Waals surface area contributed by atoms with Crippen LogP contribution in [0, 0.1) is 12.8 Å². The standard InChI is InChI=1S/C26H23N3O7/c1-9-13(25(32)36-5)16-19(27-9)20(30)15-14-11-6-12(33-2)21(34-3)22(35-4)17(11)28-18(14)24(31)29-8-10-7-26(10,16)23(15)29/h6,10,27-28H,7-8H2,1-5H3/t10-,26-/m1/s1. The van der Waals surface area contributed by atoms with Crippen LogP contribution >= 0.6 is 0 Å². The van der Waals surface area contributed by atoms with Gasteiger partial charge in [0, 0.05) is 39.7 Å². The van der Waals surface area contributed by atoms with Crippen LogP contribution < -0.4 is 19.8 Å². The number of rotatable bonds is 4. The predicted molar refractivity (Wildman–Crippen MR) is 129 cm³/mol. The zero-order chi connectivity index (χ0) is 25.3. The minimum Gasteiger partial charge on any atom is -0.493 e. The molecule has 1 fully saturated rings. The highest BCUT2D eigenvalue weighted by atomic mass is 16.5. The molecule has 10 heteroatoms. The normalized spacial score (nSPS) is 20.8. The van der Waals surface area contributed by atoms with E-state index in [1.807, 2.05) is 0 Å². The number of pyridine rings is 1. The number of carbonyl (C=O) groups is 2. The molecule has 0 amide bonds. The van der Waals surface area contributed by atoms with Gasteiger partial charge < -0.3 is 33.5 Å². The average Bonchev–Trinajstić information content (AvgIpc) is 3.15. The number of aryl methyl sites for hydroxylation is 1. The zero-order valence-corrected chi connectivity index (χ0v) is 20.4. The zero-order valence-electron chi connectivity index (χ0n) is 20.4. The molecule has 4 heterocycles. The highest BCUT2D eigenvalue weighted by Gasteiger charge is 2.68. The van der Waals surface area contributed by atoms with Gasteiger partial charge in [0.05, 0.1) is 50.8 Å². The summed E-state index contributed by atoms with van der Waals surface area (Å²) in [4.78, 5) is 47.2. The summed E-state index contributed by atoms with van der Waals surface area (Å²) >= 11 is 0. The van der Waals surface area contributed by atoms with Crippen LogP contribution in [0.1, 0.15) is 49.8 Å². The molecule has 2 aliphatic carbocycles. The Labute approximate surface area is 204 Å². The van der Waals surface area contributed by atoms with Crippen LogP contribution in [0.4, 0.5) is 0 Å². The van der Waals surface area contributed by atoms with Crippen molar-refractivity contribution < 1.29 is 28.5 Å². The number of esters is 1. The van der Waals surface area contributed by atoms with E-state index >= 15 is 0 Å². The third kappa shape index (κ3) is 2.09. The van der Waals surface area contributed by atoms with E-state index in [1.54, 1.807) is 17.6 Å². The first-order valence-corrected chi connectivity index (χ1v) is 11.6. The second-order valence-corrected chi connectivity index (χ2v) is 9.65. The third-order valence-electron chi connectivity index (χ3n) is 8.22. The van der Waals surface area contributed by atoms with Gasteiger partial charge in [-0.15, -0.1) is 0 Å². The molecular weight excluding hydrogens is 466 g/mol. The Balaban J connectivity index is 1.66. The highest BCUT2D eigenvalue weighted by molar-refractivity contribution is 6.26. The number of nitrogens with zero attached hydrogens (tertiary/aromatic N) is 1. The Morgan fingerprint density at radius 3 is 2.47 bits per heavy atom. The minimum atomic E-state index is -0.579. The Hall–Kier alpha value is -4.21. The first-order valence-electron chi connectivity index (χ1n) is 11.6. The SMILES string of the molecule is COC(=O)c1c(C)[nH]c2c1[C@@]13C[C@@H]1Cn1c3c(c3c([nH]c4c(OC)c(OC)c(OC)cc43)c1=O)C2=O. The molecule has 10 nitrogen and oxygen atoms in total. The van der Waals surface area contributed by atoms with Crippen LogP contribution in [0.3, 0.4) is 0 Å². The summed E-state index contributed by atoms with van der Waals surface area (Å²) in [5.74, 6) is 0.557. The van der Waals surface area contributed by atoms with E-state index < -0.39 is 11.4 Å². The number of H-pyrrole nitrogens is 2. The molecule has 1 aliphatic heterocycles. The van der Waals surface area contributed by atoms with Crippen molar-refractivity contribution in [2.75, 3.05) is 28.4 Å². The van der Waals surface area contributed by atoms with Gasteiger partial charge in [0.15, 0.2) is 11.5 Å². The fourth-order valence-electron chi connectivity index (χ4n) is 6.78. The largest absolute Gasteiger partial charge is 0.493 e. The second kappa shape index (κ2) is 6.51. The van der Waals surface area contributed by atoms with Gasteiger partial charge in [0.2, 0.25) is 11.5 Å². The summed E-state index contributed by atoms with van der Waals surface area (Å²) in [5, 5.41) is 1.15. The maximum atomic E-state index is 14.2. The number of fused-ring (bicyclic) bond motifs is 5. The molecule has 2 atom stereocenters. The van der Waals surface area contributed by atoms with Crippen molar-refractivity contribution in [3.8, 4) is 17.2 Å². The van der Waals surface area contributed by atoms with E-state index in [9.17, 15) is 14.4 Å². The first-order chi connectivity index (χ1) is 17.3. The summed E-state index contributed by atoms with van der Waals surface area (Å²) < 4.78 is 23.5. The lowest BCUT2D eigenvalue weighted by molar-refractivity contribution is 0.0598. The van der Waals surface area contributed by atoms with Gasteiger partial charge in [0.25, 0.3) is 5.56 Å². The number of ether oxygens (including phenoxy) is 4. The first kappa shape index (κ1) is 21.1. The molecule has 184 valence electrons. The van der Waals surface area contributed by atoms with Crippen molar-refractivity contribution in [2.24, 2.45) is 5.92 Å². The van der Waals surface area contributed by atoms with Gasteiger partial charge in [-0.05, 0) is 25.3 Å². The Morgan fingerprint density at radius 1 is 1.06 bits per heavy atom. The predicted octanol–water partition coefficient (Wildman–Crippen LogP) is 2.80. The fraction of sp³-hybridized carbons (Fsp3) is 0.346. The molecule has 1 spiro atoms. The van der Waals surface area contributed by atoms with Crippen molar-refractivity contribution >= 4 is 33.6 Å². The number of carbonyl (C=O) groups excluding carboxylic acids is 2. The lowest BCUT2D eigenvalue weighted by atomic mass is 9.77. The van der Waals surface area contributed by atoms with Gasteiger partial charge in [-0.25, -0.2) is 4.79 Å². The van der Waals surface area contributed by atoms with Gasteiger partial charge in [-0.2, -0.15) is 0 Å². The molecule has 7 rings (SSSR count). The number of aromatic amines is 2. The minimum absolute atomic E-state index is 0.122. The molecule has 4 aromatic rings. The quantitative estimate of drug-likeness (QED) is 0.423. The molecule has 1 saturated carbocycles. The van der Waals surface area contributed by atoms with Crippen LogP contribution in [0.15, 0.2) is 10.9 Å². The number of aromatic nitrogens is 3. The van der Waals surface area contributed by atoms with Crippen LogP contribution in [0.2, 0.25) is 0 Å². The Morgan fingerprint density at radius 2 is 1.81 bits per heavy atom. The highest BCUT2D eigenvalue weighted by Crippen LogP contribution is 2.67. The number of hydrogen-bond donors (Lipinski definition) is 2. The smallest absolute Gasteiger partial charge is 0.340 e. The molecule has 3 aromatic heterocycles. The molecular formula is C26H23N3O7. The van der Waals surface area contributed by atoms with Gasteiger partial charge in [-0.3, -0.25) is 9.59 Å². The van der Waals surface area contributed by atoms with Crippen molar-refractivity contribution in [1.82, 2.24) is 14.5 Å². The molecule has 3 aliphatic rings. The van der Waals surface area contributed by atoms with E-state index in [0.717, 1.165) is 6.42 Å². The molecule has 1 aromatic carbocycles. The number of nitrogens with one attached hydrogen (secondary N) is 2. The maximum absolute atomic E-state index is 14.2. The maximum Gasteiger partial charge on any atom is 0.340 e. The number of benzene rings is 1. The van der Waals surface area contributed by atoms with E-state index in [0.29, 0.717) is 79.4 Å². The van der Waals surface area contributed by atoms with Crippen LogP contribution in [0.25, 0.3) is 21.8 Å². The van der Waals surface area contributed by atoms with E-state index in [2.05, 4.69) is 9.97 Å². The van der Waals surface area contributed by atoms with Crippen LogP contribution in [-0.2, 0) is 16.7 Å². The summed E-state index contributed by atoms with van der Waals surface area (Å²) in [5.41, 5.74) is 3.24. The van der Waals surface area contributed by atoms with Crippen molar-refractivity contribution in [3.63, 3.8) is 0 Å². The molecule has 2 N–H and O–H groups in total. The van der Waals surface area contributed by atoms with Crippen LogP contribution in [-0.4, -0.2) is 54.7 Å². The third-order valence-corrected chi connectivity index (χ3v) is 8.22. The Bertz CT molecular complexity index is 1770. The van der Waals surface area contributed by atoms with Gasteiger partial charge >= 0.3 is 5.97 Å². The summed E-state index contributed by atoms with van der Waals surface area (Å²) in [6.07, 6.45) is 0.759. The molecule has 0 unspecified atom stereocenters. The monoisotopic (exact) mass is 489 g/mol. The molecule has 36 heavy (non-hydrogen) atoms. The molecule has 0 radical (unpaired) electrons. The Kier molecular flexibility index (Phi) is 3.82. The van der Waals surface area contributed by atoms with Crippen molar-refractivity contribution in [2.45, 2.75) is 25.3 Å².